The molecular formula is C23H32N6O. The lowest BCUT2D eigenvalue weighted by Gasteiger charge is -2.32. The van der Waals surface area contributed by atoms with Crippen molar-refractivity contribution in [1.82, 2.24) is 20.2 Å². The number of aromatic nitrogens is 2. The third-order valence-corrected chi connectivity index (χ3v) is 5.44. The van der Waals surface area contributed by atoms with Gasteiger partial charge in [-0.3, -0.25) is 9.98 Å². The maximum absolute atomic E-state index is 5.70. The third-order valence-electron chi connectivity index (χ3n) is 5.44. The van der Waals surface area contributed by atoms with Crippen molar-refractivity contribution in [1.29, 1.82) is 0 Å². The molecule has 30 heavy (non-hydrogen) atoms. The Morgan fingerprint density at radius 3 is 2.93 bits per heavy atom. The molecule has 0 spiro atoms. The molecule has 7 heteroatoms. The molecule has 0 saturated carbocycles. The fourth-order valence-corrected chi connectivity index (χ4v) is 3.67. The number of nitrogens with one attached hydrogen (secondary N) is 1. The first-order valence-electron chi connectivity index (χ1n) is 10.5. The minimum atomic E-state index is 0.511. The molecule has 0 aliphatic carbocycles. The second-order valence-corrected chi connectivity index (χ2v) is 7.46. The van der Waals surface area contributed by atoms with Crippen LogP contribution in [-0.2, 0) is 6.42 Å². The fourth-order valence-electron chi connectivity index (χ4n) is 3.67. The van der Waals surface area contributed by atoms with E-state index in [-0.39, 0.29) is 0 Å². The summed E-state index contributed by atoms with van der Waals surface area (Å²) in [5, 5.41) is 3.61. The number of hydrogen-bond donors (Lipinski definition) is 2. The lowest BCUT2D eigenvalue weighted by molar-refractivity contribution is 0.202. The van der Waals surface area contributed by atoms with E-state index < -0.39 is 0 Å². The van der Waals surface area contributed by atoms with Gasteiger partial charge in [-0.2, -0.15) is 0 Å². The molecule has 0 radical (unpaired) electrons. The van der Waals surface area contributed by atoms with E-state index in [2.05, 4.69) is 37.8 Å². The Morgan fingerprint density at radius 2 is 2.20 bits per heavy atom. The van der Waals surface area contributed by atoms with E-state index in [4.69, 9.17) is 10.5 Å². The Kier molecular flexibility index (Phi) is 8.35. The van der Waals surface area contributed by atoms with E-state index >= 15 is 0 Å². The van der Waals surface area contributed by atoms with Gasteiger partial charge in [-0.1, -0.05) is 6.08 Å². The molecule has 3 heterocycles. The van der Waals surface area contributed by atoms with E-state index in [9.17, 15) is 0 Å². The predicted octanol–water partition coefficient (Wildman–Crippen LogP) is 2.33. The number of likely N-dealkylation sites (tertiary alicyclic amines) is 1. The number of methoxy groups -OCH3 is 1. The van der Waals surface area contributed by atoms with Crippen LogP contribution < -0.4 is 15.8 Å². The molecule has 3 rings (SSSR count). The summed E-state index contributed by atoms with van der Waals surface area (Å²) in [7, 11) is 1.64. The molecule has 0 atom stereocenters. The summed E-state index contributed by atoms with van der Waals surface area (Å²) in [4.78, 5) is 15.8. The van der Waals surface area contributed by atoms with Gasteiger partial charge in [-0.05, 0) is 61.8 Å². The monoisotopic (exact) mass is 408 g/mol. The maximum atomic E-state index is 5.70. The molecule has 1 saturated heterocycles. The highest BCUT2D eigenvalue weighted by Crippen LogP contribution is 2.19. The number of pyridine rings is 2. The van der Waals surface area contributed by atoms with Crippen molar-refractivity contribution in [3.8, 4) is 5.88 Å². The smallest absolute Gasteiger partial charge is 0.213 e. The van der Waals surface area contributed by atoms with Crippen molar-refractivity contribution in [3.63, 3.8) is 0 Å². The van der Waals surface area contributed by atoms with Gasteiger partial charge >= 0.3 is 0 Å². The summed E-state index contributed by atoms with van der Waals surface area (Å²) in [6.07, 6.45) is 10.3. The third kappa shape index (κ3) is 6.11. The van der Waals surface area contributed by atoms with Crippen LogP contribution in [0.5, 0.6) is 5.88 Å². The van der Waals surface area contributed by atoms with Crippen LogP contribution in [0.1, 0.15) is 18.4 Å². The molecule has 160 valence electrons. The molecule has 7 nitrogen and oxygen atoms in total. The summed E-state index contributed by atoms with van der Waals surface area (Å²) in [5.41, 5.74) is 9.78. The molecule has 2 aromatic heterocycles. The highest BCUT2D eigenvalue weighted by atomic mass is 16.5. The van der Waals surface area contributed by atoms with Gasteiger partial charge in [-0.15, -0.1) is 6.58 Å². The molecule has 0 unspecified atom stereocenters. The second kappa shape index (κ2) is 11.4. The summed E-state index contributed by atoms with van der Waals surface area (Å²) in [6, 6.07) is 6.40. The van der Waals surface area contributed by atoms with Gasteiger partial charge in [0.15, 0.2) is 0 Å². The van der Waals surface area contributed by atoms with Crippen molar-refractivity contribution in [2.45, 2.75) is 25.3 Å². The average molecular weight is 409 g/mol. The number of nitrogens with two attached hydrogens (primary N) is 1. The number of nitrogens with zero attached hydrogens (tertiary/aromatic N) is 4. The topological polar surface area (TPSA) is 88.7 Å². The first-order valence-corrected chi connectivity index (χ1v) is 10.5. The fraction of sp³-hybridized carbons (Fsp3) is 0.435. The van der Waals surface area contributed by atoms with Crippen LogP contribution in [-0.4, -0.2) is 67.0 Å². The van der Waals surface area contributed by atoms with E-state index in [1.54, 1.807) is 19.4 Å². The second-order valence-electron chi connectivity index (χ2n) is 7.46. The van der Waals surface area contributed by atoms with Gasteiger partial charge in [0.25, 0.3) is 0 Å². The number of ether oxygens (including phenoxy) is 1. The van der Waals surface area contributed by atoms with Crippen molar-refractivity contribution >= 4 is 17.2 Å². The first-order chi connectivity index (χ1) is 14.7. The zero-order valence-electron chi connectivity index (χ0n) is 17.8. The number of fused-ring (bicyclic) bond motifs is 1. The molecule has 1 aliphatic rings. The van der Waals surface area contributed by atoms with E-state index in [0.29, 0.717) is 18.5 Å². The molecule has 2 aromatic rings. The standard InChI is InChI=1S/C23H32N6O/c1-3-10-25-16-18(15-24)17-27-20-8-13-29(14-9-20)12-7-19-6-11-26-21-4-5-22(30-2)28-23(19)21/h3-6,11,15-16,20,27H,1,7-10,12-14,17,24H2,2H3/b18-15+,25-16?. The Morgan fingerprint density at radius 1 is 1.37 bits per heavy atom. The number of piperidine rings is 1. The minimum Gasteiger partial charge on any atom is -0.481 e. The summed E-state index contributed by atoms with van der Waals surface area (Å²) >= 11 is 0. The lowest BCUT2D eigenvalue weighted by atomic mass is 10.0. The molecule has 0 bridgehead atoms. The number of hydrogen-bond acceptors (Lipinski definition) is 7. The van der Waals surface area contributed by atoms with Gasteiger partial charge in [0.2, 0.25) is 5.88 Å². The van der Waals surface area contributed by atoms with E-state index in [1.807, 2.05) is 24.5 Å². The van der Waals surface area contributed by atoms with Gasteiger partial charge in [-0.25, -0.2) is 4.98 Å². The molecule has 3 N–H and O–H groups in total. The van der Waals surface area contributed by atoms with Crippen LogP contribution in [0.4, 0.5) is 0 Å². The molecule has 0 aromatic carbocycles. The quantitative estimate of drug-likeness (QED) is 0.463. The zero-order chi connectivity index (χ0) is 21.2. The molecule has 1 fully saturated rings. The largest absolute Gasteiger partial charge is 0.481 e. The zero-order valence-corrected chi connectivity index (χ0v) is 17.8. The van der Waals surface area contributed by atoms with Crippen molar-refractivity contribution in [3.05, 3.63) is 54.4 Å². The Balaban J connectivity index is 1.46. The predicted molar refractivity (Wildman–Crippen MR) is 123 cm³/mol. The van der Waals surface area contributed by atoms with Crippen LogP contribution in [0, 0.1) is 0 Å². The normalized spacial score (nSPS) is 16.4. The summed E-state index contributed by atoms with van der Waals surface area (Å²) in [6.45, 7) is 8.23. The summed E-state index contributed by atoms with van der Waals surface area (Å²) in [5.74, 6) is 0.629. The highest BCUT2D eigenvalue weighted by molar-refractivity contribution is 5.79. The van der Waals surface area contributed by atoms with Gasteiger partial charge in [0, 0.05) is 37.6 Å². The number of aliphatic imine (C=N–C) groups is 1. The van der Waals surface area contributed by atoms with Crippen molar-refractivity contribution < 1.29 is 4.74 Å². The molecule has 0 amide bonds. The van der Waals surface area contributed by atoms with E-state index in [0.717, 1.165) is 62.0 Å². The first kappa shape index (κ1) is 21.9. The Bertz CT molecular complexity index is 886. The van der Waals surface area contributed by atoms with Gasteiger partial charge in [0.1, 0.15) is 0 Å². The Labute approximate surface area is 178 Å². The molecular weight excluding hydrogens is 376 g/mol. The van der Waals surface area contributed by atoms with Gasteiger partial charge < -0.3 is 20.7 Å². The lowest BCUT2D eigenvalue weighted by Crippen LogP contribution is -2.43. The van der Waals surface area contributed by atoms with Crippen LogP contribution in [0.3, 0.4) is 0 Å². The number of rotatable bonds is 10. The minimum absolute atomic E-state index is 0.511. The van der Waals surface area contributed by atoms with Crippen molar-refractivity contribution in [2.75, 3.05) is 39.8 Å². The SMILES string of the molecule is C=CCN=C/C(=C\N)CNC1CCN(CCc2ccnc3ccc(OC)nc23)CC1. The summed E-state index contributed by atoms with van der Waals surface area (Å²) < 4.78 is 5.28. The molecule has 1 aliphatic heterocycles. The average Bonchev–Trinajstić information content (AvgIpc) is 2.80. The maximum Gasteiger partial charge on any atom is 0.213 e. The Hall–Kier alpha value is -2.77. The van der Waals surface area contributed by atoms with Crippen molar-refractivity contribution in [2.24, 2.45) is 10.7 Å². The van der Waals surface area contributed by atoms with Crippen LogP contribution in [0.25, 0.3) is 11.0 Å². The van der Waals surface area contributed by atoms with E-state index in [1.165, 1.54) is 5.56 Å². The van der Waals surface area contributed by atoms with Crippen LogP contribution >= 0.6 is 0 Å². The van der Waals surface area contributed by atoms with Gasteiger partial charge in [0.05, 0.1) is 24.7 Å². The van der Waals surface area contributed by atoms with Crippen LogP contribution in [0.2, 0.25) is 0 Å². The van der Waals surface area contributed by atoms with Crippen LogP contribution in [0.15, 0.2) is 53.8 Å². The highest BCUT2D eigenvalue weighted by Gasteiger charge is 2.19.